The van der Waals surface area contributed by atoms with Crippen molar-refractivity contribution in [1.29, 1.82) is 0 Å². The maximum Gasteiger partial charge on any atom is 0.145 e. The first-order valence-corrected chi connectivity index (χ1v) is 4.80. The molecule has 0 saturated heterocycles. The van der Waals surface area contributed by atoms with Gasteiger partial charge in [-0.15, -0.1) is 0 Å². The van der Waals surface area contributed by atoms with E-state index in [1.807, 2.05) is 0 Å². The molecule has 2 nitrogen and oxygen atoms in total. The molecule has 0 aromatic heterocycles. The van der Waals surface area contributed by atoms with Crippen molar-refractivity contribution in [1.82, 2.24) is 0 Å². The molecule has 2 unspecified atom stereocenters. The highest BCUT2D eigenvalue weighted by Crippen LogP contribution is 2.39. The maximum absolute atomic E-state index is 9.98. The molecule has 2 rings (SSSR count). The first-order valence-electron chi connectivity index (χ1n) is 4.80. The highest BCUT2D eigenvalue weighted by molar-refractivity contribution is 5.50. The largest absolute Gasteiger partial charge is 0.374 e. The quantitative estimate of drug-likeness (QED) is 0.364. The number of carbonyl (C=O) groups excluding carboxylic acids is 1. The molecule has 70 valence electrons. The third-order valence-corrected chi connectivity index (χ3v) is 2.74. The minimum atomic E-state index is 0.233. The van der Waals surface area contributed by atoms with Gasteiger partial charge in [-0.05, 0) is 24.7 Å². The molecule has 0 radical (unpaired) electrons. The highest BCUT2D eigenvalue weighted by Gasteiger charge is 2.27. The zero-order valence-electron chi connectivity index (χ0n) is 7.61. The van der Waals surface area contributed by atoms with Crippen LogP contribution in [0.3, 0.4) is 0 Å². The number of rotatable bonds is 5. The summed E-state index contributed by atoms with van der Waals surface area (Å²) in [6, 6.07) is 0. The number of carbonyl (C=O) groups is 1. The molecule has 2 atom stereocenters. The van der Waals surface area contributed by atoms with Gasteiger partial charge < -0.3 is 9.53 Å². The molecular weight excluding hydrogens is 164 g/mol. The third-order valence-electron chi connectivity index (χ3n) is 2.74. The zero-order chi connectivity index (χ0) is 9.10. The molecule has 13 heavy (non-hydrogen) atoms. The molecule has 0 saturated carbocycles. The molecule has 0 aromatic rings. The topological polar surface area (TPSA) is 26.3 Å². The van der Waals surface area contributed by atoms with E-state index in [-0.39, 0.29) is 6.61 Å². The number of hydrogen-bond acceptors (Lipinski definition) is 2. The third kappa shape index (κ3) is 1.89. The monoisotopic (exact) mass is 178 g/mol. The minimum absolute atomic E-state index is 0.233. The van der Waals surface area contributed by atoms with Gasteiger partial charge in [-0.1, -0.05) is 23.8 Å². The Morgan fingerprint density at radius 3 is 3.08 bits per heavy atom. The van der Waals surface area contributed by atoms with E-state index in [0.29, 0.717) is 18.4 Å². The van der Waals surface area contributed by atoms with E-state index >= 15 is 0 Å². The first kappa shape index (κ1) is 8.70. The normalized spacial score (nSPS) is 29.4. The average molecular weight is 178 g/mol. The Kier molecular flexibility index (Phi) is 2.60. The van der Waals surface area contributed by atoms with Crippen LogP contribution in [0.2, 0.25) is 0 Å². The minimum Gasteiger partial charge on any atom is -0.374 e. The molecule has 2 heteroatoms. The summed E-state index contributed by atoms with van der Waals surface area (Å²) in [5.41, 5.74) is 1.50. The van der Waals surface area contributed by atoms with Crippen LogP contribution < -0.4 is 0 Å². The summed E-state index contributed by atoms with van der Waals surface area (Å²) in [7, 11) is 0. The average Bonchev–Trinajstić information content (AvgIpc) is 2.73. The summed E-state index contributed by atoms with van der Waals surface area (Å²) in [4.78, 5) is 9.98. The lowest BCUT2D eigenvalue weighted by atomic mass is 10.0. The van der Waals surface area contributed by atoms with E-state index in [1.165, 1.54) is 12.0 Å². The van der Waals surface area contributed by atoms with Gasteiger partial charge in [-0.2, -0.15) is 0 Å². The first-order chi connectivity index (χ1) is 6.40. The summed E-state index contributed by atoms with van der Waals surface area (Å²) in [5, 5.41) is 0. The van der Waals surface area contributed by atoms with Crippen LogP contribution in [-0.2, 0) is 9.53 Å². The molecule has 0 heterocycles. The van der Waals surface area contributed by atoms with Crippen molar-refractivity contribution in [2.45, 2.75) is 12.8 Å². The molecule has 0 N–H and O–H groups in total. The van der Waals surface area contributed by atoms with Crippen molar-refractivity contribution in [3.63, 3.8) is 0 Å². The van der Waals surface area contributed by atoms with E-state index in [0.717, 1.165) is 12.7 Å². The van der Waals surface area contributed by atoms with Crippen LogP contribution in [0.15, 0.2) is 23.8 Å². The van der Waals surface area contributed by atoms with Gasteiger partial charge in [-0.3, -0.25) is 0 Å². The van der Waals surface area contributed by atoms with Crippen LogP contribution >= 0.6 is 0 Å². The smallest absolute Gasteiger partial charge is 0.145 e. The second kappa shape index (κ2) is 3.88. The van der Waals surface area contributed by atoms with Crippen molar-refractivity contribution in [2.75, 3.05) is 13.2 Å². The van der Waals surface area contributed by atoms with Gasteiger partial charge >= 0.3 is 0 Å². The Morgan fingerprint density at radius 1 is 1.54 bits per heavy atom. The lowest BCUT2D eigenvalue weighted by molar-refractivity contribution is -0.111. The number of ether oxygens (including phenoxy) is 1. The van der Waals surface area contributed by atoms with Crippen molar-refractivity contribution < 1.29 is 9.53 Å². The summed E-state index contributed by atoms with van der Waals surface area (Å²) < 4.78 is 5.12. The van der Waals surface area contributed by atoms with Crippen LogP contribution in [-0.4, -0.2) is 19.5 Å². The second-order valence-electron chi connectivity index (χ2n) is 3.62. The Morgan fingerprint density at radius 2 is 2.46 bits per heavy atom. The fraction of sp³-hybridized carbons (Fsp3) is 0.545. The van der Waals surface area contributed by atoms with Gasteiger partial charge in [0.1, 0.15) is 12.9 Å². The Bertz CT molecular complexity index is 253. The predicted octanol–water partition coefficient (Wildman–Crippen LogP) is 1.72. The second-order valence-corrected chi connectivity index (χ2v) is 3.62. The number of hydrogen-bond donors (Lipinski definition) is 0. The van der Waals surface area contributed by atoms with Gasteiger partial charge in [0.2, 0.25) is 0 Å². The lowest BCUT2D eigenvalue weighted by Gasteiger charge is -2.08. The van der Waals surface area contributed by atoms with Crippen LogP contribution in [0.1, 0.15) is 12.8 Å². The summed E-state index contributed by atoms with van der Waals surface area (Å²) in [5.74, 6) is 1.36. The van der Waals surface area contributed by atoms with Crippen molar-refractivity contribution >= 4 is 6.29 Å². The van der Waals surface area contributed by atoms with Crippen LogP contribution in [0.25, 0.3) is 0 Å². The Balaban J connectivity index is 1.72. The molecule has 2 aliphatic rings. The van der Waals surface area contributed by atoms with Crippen LogP contribution in [0.4, 0.5) is 0 Å². The Hall–Kier alpha value is -0.890. The van der Waals surface area contributed by atoms with Gasteiger partial charge in [0.15, 0.2) is 0 Å². The molecule has 2 aliphatic carbocycles. The SMILES string of the molecule is O=CCOCCC1=CC2C=CC1C2. The number of allylic oxidation sites excluding steroid dienone is 3. The molecule has 0 aromatic carbocycles. The number of fused-ring (bicyclic) bond motifs is 2. The van der Waals surface area contributed by atoms with E-state index in [2.05, 4.69) is 18.2 Å². The van der Waals surface area contributed by atoms with Gasteiger partial charge in [0, 0.05) is 0 Å². The van der Waals surface area contributed by atoms with Crippen molar-refractivity contribution in [2.24, 2.45) is 11.8 Å². The van der Waals surface area contributed by atoms with Crippen LogP contribution in [0, 0.1) is 11.8 Å². The van der Waals surface area contributed by atoms with E-state index in [1.54, 1.807) is 0 Å². The molecule has 0 spiro atoms. The molecule has 2 bridgehead atoms. The van der Waals surface area contributed by atoms with Crippen molar-refractivity contribution in [3.8, 4) is 0 Å². The lowest BCUT2D eigenvalue weighted by Crippen LogP contribution is -2.02. The fourth-order valence-electron chi connectivity index (χ4n) is 2.11. The fourth-order valence-corrected chi connectivity index (χ4v) is 2.11. The zero-order valence-corrected chi connectivity index (χ0v) is 7.61. The Labute approximate surface area is 78.3 Å². The van der Waals surface area contributed by atoms with Crippen LogP contribution in [0.5, 0.6) is 0 Å². The summed E-state index contributed by atoms with van der Waals surface area (Å²) in [6.45, 7) is 0.916. The summed E-state index contributed by atoms with van der Waals surface area (Å²) >= 11 is 0. The molecular formula is C11H14O2. The molecule has 0 fully saturated rings. The van der Waals surface area contributed by atoms with Gasteiger partial charge in [-0.25, -0.2) is 0 Å². The number of aldehydes is 1. The summed E-state index contributed by atoms with van der Waals surface area (Å²) in [6.07, 6.45) is 9.96. The van der Waals surface area contributed by atoms with E-state index < -0.39 is 0 Å². The van der Waals surface area contributed by atoms with Crippen molar-refractivity contribution in [3.05, 3.63) is 23.8 Å². The maximum atomic E-state index is 9.98. The van der Waals surface area contributed by atoms with Gasteiger partial charge in [0.05, 0.1) is 6.61 Å². The predicted molar refractivity (Wildman–Crippen MR) is 50.3 cm³/mol. The van der Waals surface area contributed by atoms with Gasteiger partial charge in [0.25, 0.3) is 0 Å². The highest BCUT2D eigenvalue weighted by atomic mass is 16.5. The van der Waals surface area contributed by atoms with E-state index in [9.17, 15) is 4.79 Å². The molecule has 0 amide bonds. The van der Waals surface area contributed by atoms with E-state index in [4.69, 9.17) is 4.74 Å². The molecule has 0 aliphatic heterocycles. The standard InChI is InChI=1S/C11H14O2/c12-4-6-13-5-3-11-8-9-1-2-10(11)7-9/h1-2,4,8-10H,3,5-7H2.